The van der Waals surface area contributed by atoms with E-state index in [1.165, 1.54) is 42.7 Å². The number of hydrogen-bond acceptors (Lipinski definition) is 11. The van der Waals surface area contributed by atoms with Crippen molar-refractivity contribution in [3.63, 3.8) is 0 Å². The van der Waals surface area contributed by atoms with Crippen molar-refractivity contribution >= 4 is 69.9 Å². The van der Waals surface area contributed by atoms with Crippen LogP contribution in [0.15, 0.2) is 85.2 Å². The number of rotatable bonds is 10. The smallest absolute Gasteiger partial charge is 0.335 e. The fraction of sp³-hybridized carbons (Fsp3) is 0.190. The van der Waals surface area contributed by atoms with Crippen LogP contribution < -0.4 is 26.3 Å². The first-order valence-corrected chi connectivity index (χ1v) is 19.9. The number of nitrogens with one attached hydrogen (secondary N) is 1. The molecule has 0 radical (unpaired) electrons. The number of nitrogens with two attached hydrogens (primary N) is 2. The number of nitrogen functional groups attached to an aromatic ring is 2. The molecule has 19 heteroatoms. The van der Waals surface area contributed by atoms with Gasteiger partial charge in [-0.25, -0.2) is 33.5 Å². The highest BCUT2D eigenvalue weighted by Crippen LogP contribution is 2.37. The minimum Gasteiger partial charge on any atom is -0.478 e. The second kappa shape index (κ2) is 19.7. The maximum absolute atomic E-state index is 13.9. The van der Waals surface area contributed by atoms with Gasteiger partial charge in [0.15, 0.2) is 11.6 Å². The van der Waals surface area contributed by atoms with E-state index < -0.39 is 29.8 Å². The molecule has 6 aromatic rings. The molecule has 61 heavy (non-hydrogen) atoms. The van der Waals surface area contributed by atoms with Crippen LogP contribution in [0.2, 0.25) is 20.1 Å². The number of ether oxygens (including phenoxy) is 2. The summed E-state index contributed by atoms with van der Waals surface area (Å²) < 4.78 is 39.3. The normalized spacial score (nSPS) is 13.4. The highest BCUT2D eigenvalue weighted by Gasteiger charge is 2.23. The van der Waals surface area contributed by atoms with Crippen LogP contribution >= 0.6 is 46.4 Å². The number of benzene rings is 4. The number of hydrogen-bond donors (Lipinski definition) is 4. The number of aromatic carboxylic acids is 1. The van der Waals surface area contributed by atoms with Gasteiger partial charge in [0.05, 0.1) is 39.4 Å². The van der Waals surface area contributed by atoms with E-state index in [2.05, 4.69) is 25.3 Å². The molecule has 1 aliphatic heterocycles. The average molecular weight is 913 g/mol. The summed E-state index contributed by atoms with van der Waals surface area (Å²) in [5.74, 6) is -2.08. The van der Waals surface area contributed by atoms with Gasteiger partial charge >= 0.3 is 5.97 Å². The van der Waals surface area contributed by atoms with Crippen molar-refractivity contribution in [3.05, 3.63) is 139 Å². The van der Waals surface area contributed by atoms with Crippen molar-refractivity contribution in [2.75, 3.05) is 37.6 Å². The Morgan fingerprint density at radius 2 is 1.10 bits per heavy atom. The van der Waals surface area contributed by atoms with Crippen molar-refractivity contribution < 1.29 is 33.0 Å². The molecule has 0 aliphatic carbocycles. The number of amides is 1. The summed E-state index contributed by atoms with van der Waals surface area (Å²) in [6, 6.07) is 18.3. The molecule has 1 fully saturated rings. The third kappa shape index (κ3) is 10.6. The number of anilines is 2. The maximum Gasteiger partial charge on any atom is 0.335 e. The van der Waals surface area contributed by atoms with E-state index in [1.807, 2.05) is 4.90 Å². The molecule has 0 spiro atoms. The highest BCUT2D eigenvalue weighted by molar-refractivity contribution is 6.36. The summed E-state index contributed by atoms with van der Waals surface area (Å²) in [7, 11) is 0. The molecule has 0 saturated carbocycles. The van der Waals surface area contributed by atoms with Gasteiger partial charge in [-0.3, -0.25) is 4.79 Å². The number of carboxylic acid groups (broad SMARTS) is 1. The number of nitrogens with zero attached hydrogens (tertiary/aromatic N) is 5. The number of piperazine rings is 1. The van der Waals surface area contributed by atoms with Gasteiger partial charge in [0.1, 0.15) is 23.8 Å². The summed E-state index contributed by atoms with van der Waals surface area (Å²) in [5.41, 5.74) is 15.4. The minimum absolute atomic E-state index is 0.00635. The Morgan fingerprint density at radius 1 is 0.689 bits per heavy atom. The number of aromatic nitrogens is 4. The van der Waals surface area contributed by atoms with Gasteiger partial charge in [-0.1, -0.05) is 70.7 Å². The fourth-order valence-corrected chi connectivity index (χ4v) is 7.47. The predicted octanol–water partition coefficient (Wildman–Crippen LogP) is 9.37. The lowest BCUT2D eigenvalue weighted by atomic mass is 10.1. The van der Waals surface area contributed by atoms with Gasteiger partial charge in [-0.15, -0.1) is 0 Å². The Morgan fingerprint density at radius 3 is 1.51 bits per heavy atom. The summed E-state index contributed by atoms with van der Waals surface area (Å²) in [6.45, 7) is 6.24. The van der Waals surface area contributed by atoms with Crippen LogP contribution in [0, 0.1) is 11.6 Å². The Kier molecular flexibility index (Phi) is 14.4. The lowest BCUT2D eigenvalue weighted by molar-refractivity contribution is 0.0695. The number of carbonyl (C=O) groups is 2. The highest BCUT2D eigenvalue weighted by atomic mass is 35.5. The predicted molar refractivity (Wildman–Crippen MR) is 230 cm³/mol. The molecule has 3 heterocycles. The average Bonchev–Trinajstić information content (AvgIpc) is 3.25. The molecule has 6 N–H and O–H groups in total. The molecular weight excluding hydrogens is 876 g/mol. The quantitative estimate of drug-likeness (QED) is 0.0954. The molecule has 4 aromatic carbocycles. The zero-order chi connectivity index (χ0) is 44.0. The van der Waals surface area contributed by atoms with Gasteiger partial charge in [0, 0.05) is 64.0 Å². The first-order chi connectivity index (χ1) is 29.1. The van der Waals surface area contributed by atoms with Crippen LogP contribution in [0.3, 0.4) is 0 Å². The summed E-state index contributed by atoms with van der Waals surface area (Å²) in [4.78, 5) is 42.5. The Balaban J connectivity index is 0.000000207. The van der Waals surface area contributed by atoms with E-state index in [0.29, 0.717) is 41.2 Å². The van der Waals surface area contributed by atoms with E-state index in [9.17, 15) is 18.4 Å². The van der Waals surface area contributed by atoms with E-state index in [-0.39, 0.29) is 60.5 Å². The number of halogens is 6. The van der Waals surface area contributed by atoms with Gasteiger partial charge < -0.3 is 36.3 Å². The maximum atomic E-state index is 13.9. The largest absolute Gasteiger partial charge is 0.478 e. The van der Waals surface area contributed by atoms with Gasteiger partial charge in [0.2, 0.25) is 0 Å². The van der Waals surface area contributed by atoms with Crippen LogP contribution in [0.4, 0.5) is 20.4 Å². The molecule has 316 valence electrons. The first kappa shape index (κ1) is 44.7. The molecule has 0 bridgehead atoms. The molecule has 1 saturated heterocycles. The van der Waals surface area contributed by atoms with Crippen molar-refractivity contribution in [1.82, 2.24) is 30.2 Å². The molecule has 13 nitrogen and oxygen atoms in total. The van der Waals surface area contributed by atoms with Crippen LogP contribution in [-0.4, -0.2) is 68.0 Å². The van der Waals surface area contributed by atoms with E-state index in [1.54, 1.807) is 50.2 Å². The summed E-state index contributed by atoms with van der Waals surface area (Å²) in [6.07, 6.45) is 1.47. The molecule has 2 unspecified atom stereocenters. The molecule has 1 amide bonds. The van der Waals surface area contributed by atoms with Gasteiger partial charge in [0.25, 0.3) is 17.7 Å². The summed E-state index contributed by atoms with van der Waals surface area (Å²) in [5, 5.41) is 12.5. The standard InChI is InChI=1S/C23H22Cl2FN5O2.C19H14Cl2FN3O3/c1-13(19-16(24)6-7-17(26)20(19)25)33-22-21(27)29-12-18(30-22)14-2-4-15(5-3-14)23(32)31-10-8-28-9-11-31;1-9(15-12(20)6-7-13(22)16(15)21)28-18-17(23)24-8-14(25-18)10-2-4-11(5-3-10)19(26)27/h2-7,12-13,28H,8-11H2,1H3,(H2,27,29);2-9H,1H3,(H2,23,24)(H,26,27). The minimum atomic E-state index is -1.03. The molecule has 7 rings (SSSR count). The fourth-order valence-electron chi connectivity index (χ4n) is 6.12. The third-order valence-electron chi connectivity index (χ3n) is 9.34. The van der Waals surface area contributed by atoms with Crippen molar-refractivity contribution in [3.8, 4) is 34.3 Å². The number of carboxylic acids is 1. The summed E-state index contributed by atoms with van der Waals surface area (Å²) >= 11 is 24.4. The Hall–Kier alpha value is -5.84. The van der Waals surface area contributed by atoms with Crippen molar-refractivity contribution in [2.24, 2.45) is 0 Å². The van der Waals surface area contributed by atoms with Crippen LogP contribution in [0.25, 0.3) is 22.5 Å². The van der Waals surface area contributed by atoms with Crippen LogP contribution in [0.5, 0.6) is 11.8 Å². The lowest BCUT2D eigenvalue weighted by Crippen LogP contribution is -2.46. The zero-order valence-corrected chi connectivity index (χ0v) is 35.3. The van der Waals surface area contributed by atoms with E-state index in [4.69, 9.17) is 72.5 Å². The molecule has 1 aliphatic rings. The Labute approximate surface area is 368 Å². The zero-order valence-electron chi connectivity index (χ0n) is 32.3. The molecule has 2 aromatic heterocycles. The molecule has 2 atom stereocenters. The van der Waals surface area contributed by atoms with Crippen molar-refractivity contribution in [2.45, 2.75) is 26.1 Å². The van der Waals surface area contributed by atoms with Crippen LogP contribution in [-0.2, 0) is 0 Å². The first-order valence-electron chi connectivity index (χ1n) is 18.4. The Bertz CT molecular complexity index is 2570. The second-order valence-electron chi connectivity index (χ2n) is 13.4. The molecular formula is C42H36Cl4F2N8O5. The van der Waals surface area contributed by atoms with E-state index in [0.717, 1.165) is 24.7 Å². The van der Waals surface area contributed by atoms with Crippen molar-refractivity contribution in [1.29, 1.82) is 0 Å². The van der Waals surface area contributed by atoms with Gasteiger partial charge in [-0.05, 0) is 62.4 Å². The SMILES string of the molecule is CC(Oc1nc(-c2ccc(C(=O)N3CCNCC3)cc2)cnc1N)c1c(Cl)ccc(F)c1Cl.CC(Oc1nc(-c2ccc(C(=O)O)cc2)cnc1N)c1c(Cl)ccc(F)c1Cl. The van der Waals surface area contributed by atoms with Crippen LogP contribution in [0.1, 0.15) is 57.9 Å². The lowest BCUT2D eigenvalue weighted by Gasteiger charge is -2.27. The van der Waals surface area contributed by atoms with E-state index >= 15 is 0 Å². The third-order valence-corrected chi connectivity index (χ3v) is 10.8. The monoisotopic (exact) mass is 910 g/mol. The topological polar surface area (TPSA) is 192 Å². The second-order valence-corrected chi connectivity index (χ2v) is 15.0. The van der Waals surface area contributed by atoms with Gasteiger partial charge in [-0.2, -0.15) is 0 Å². The number of carbonyl (C=O) groups excluding carboxylic acids is 1.